The zero-order valence-corrected chi connectivity index (χ0v) is 12.6. The van der Waals surface area contributed by atoms with Gasteiger partial charge in [0.2, 0.25) is 0 Å². The SMILES string of the molecule is O=C(O)COc1cc(/C=C/c2ccccn2)cc(OCC(=O)O)c1. The minimum atomic E-state index is -1.11. The standard InChI is InChI=1S/C17H15NO6/c19-16(20)10-23-14-7-12(4-5-13-3-1-2-6-18-13)8-15(9-14)24-11-17(21)22/h1-9H,10-11H2,(H,19,20)(H,21,22)/b5-4+. The Morgan fingerprint density at radius 3 is 2.08 bits per heavy atom. The molecule has 0 aliphatic heterocycles. The van der Waals surface area contributed by atoms with Crippen LogP contribution in [0.4, 0.5) is 0 Å². The molecule has 1 aromatic heterocycles. The van der Waals surface area contributed by atoms with Gasteiger partial charge < -0.3 is 19.7 Å². The first-order valence-corrected chi connectivity index (χ1v) is 6.96. The highest BCUT2D eigenvalue weighted by atomic mass is 16.5. The Morgan fingerprint density at radius 1 is 0.958 bits per heavy atom. The Morgan fingerprint density at radius 2 is 1.58 bits per heavy atom. The summed E-state index contributed by atoms with van der Waals surface area (Å²) in [7, 11) is 0. The Bertz CT molecular complexity index is 706. The number of carboxylic acids is 2. The van der Waals surface area contributed by atoms with Crippen LogP contribution in [-0.2, 0) is 9.59 Å². The number of hydrogen-bond acceptors (Lipinski definition) is 5. The fourth-order valence-corrected chi connectivity index (χ4v) is 1.80. The van der Waals surface area contributed by atoms with Gasteiger partial charge in [0.1, 0.15) is 11.5 Å². The molecule has 0 fully saturated rings. The zero-order valence-electron chi connectivity index (χ0n) is 12.6. The van der Waals surface area contributed by atoms with E-state index in [1.807, 2.05) is 12.1 Å². The van der Waals surface area contributed by atoms with Crippen LogP contribution >= 0.6 is 0 Å². The van der Waals surface area contributed by atoms with Crippen LogP contribution in [0.1, 0.15) is 11.3 Å². The molecule has 2 N–H and O–H groups in total. The molecule has 0 atom stereocenters. The van der Waals surface area contributed by atoms with E-state index in [9.17, 15) is 9.59 Å². The lowest BCUT2D eigenvalue weighted by Crippen LogP contribution is -2.11. The predicted octanol–water partition coefficient (Wildman–Crippen LogP) is 2.18. The van der Waals surface area contributed by atoms with Gasteiger partial charge in [0.05, 0.1) is 5.69 Å². The van der Waals surface area contributed by atoms with E-state index in [1.54, 1.807) is 36.5 Å². The van der Waals surface area contributed by atoms with Crippen molar-refractivity contribution in [3.8, 4) is 11.5 Å². The second kappa shape index (κ2) is 8.33. The Hall–Kier alpha value is -3.35. The molecular weight excluding hydrogens is 314 g/mol. The maximum Gasteiger partial charge on any atom is 0.341 e. The first kappa shape index (κ1) is 17.0. The third kappa shape index (κ3) is 5.80. The van der Waals surface area contributed by atoms with Crippen molar-refractivity contribution in [1.29, 1.82) is 0 Å². The van der Waals surface area contributed by atoms with Crippen molar-refractivity contribution in [1.82, 2.24) is 4.98 Å². The number of aromatic nitrogens is 1. The van der Waals surface area contributed by atoms with Gasteiger partial charge in [-0.3, -0.25) is 4.98 Å². The second-order valence-corrected chi connectivity index (χ2v) is 4.69. The first-order valence-electron chi connectivity index (χ1n) is 6.96. The Kier molecular flexibility index (Phi) is 5.90. The number of aliphatic carboxylic acids is 2. The van der Waals surface area contributed by atoms with Crippen LogP contribution in [0.15, 0.2) is 42.6 Å². The molecule has 24 heavy (non-hydrogen) atoms. The van der Waals surface area contributed by atoms with Crippen molar-refractivity contribution in [3.05, 3.63) is 53.9 Å². The van der Waals surface area contributed by atoms with Gasteiger partial charge in [0, 0.05) is 12.3 Å². The van der Waals surface area contributed by atoms with E-state index in [2.05, 4.69) is 4.98 Å². The second-order valence-electron chi connectivity index (χ2n) is 4.69. The van der Waals surface area contributed by atoms with E-state index < -0.39 is 25.2 Å². The molecule has 0 saturated heterocycles. The molecule has 1 aromatic carbocycles. The third-order valence-corrected chi connectivity index (χ3v) is 2.76. The number of benzene rings is 1. The third-order valence-electron chi connectivity index (χ3n) is 2.76. The number of nitrogens with zero attached hydrogens (tertiary/aromatic N) is 1. The summed E-state index contributed by atoms with van der Waals surface area (Å²) in [5.74, 6) is -1.70. The molecule has 0 aliphatic rings. The molecule has 0 spiro atoms. The molecule has 0 aliphatic carbocycles. The van der Waals surface area contributed by atoms with E-state index in [0.29, 0.717) is 5.56 Å². The normalized spacial score (nSPS) is 10.5. The van der Waals surface area contributed by atoms with Crippen molar-refractivity contribution >= 4 is 24.1 Å². The largest absolute Gasteiger partial charge is 0.482 e. The molecule has 7 nitrogen and oxygen atoms in total. The highest BCUT2D eigenvalue weighted by Gasteiger charge is 2.06. The van der Waals surface area contributed by atoms with Gasteiger partial charge in [-0.15, -0.1) is 0 Å². The maximum atomic E-state index is 10.6. The van der Waals surface area contributed by atoms with Crippen LogP contribution in [0.2, 0.25) is 0 Å². The van der Waals surface area contributed by atoms with Gasteiger partial charge in [-0.25, -0.2) is 9.59 Å². The Balaban J connectivity index is 2.22. The number of carbonyl (C=O) groups is 2. The minimum Gasteiger partial charge on any atom is -0.482 e. The molecule has 0 amide bonds. The summed E-state index contributed by atoms with van der Waals surface area (Å²) in [6.45, 7) is -1.02. The lowest BCUT2D eigenvalue weighted by molar-refractivity contribution is -0.140. The van der Waals surface area contributed by atoms with Gasteiger partial charge in [-0.05, 0) is 35.9 Å². The molecule has 0 radical (unpaired) electrons. The average molecular weight is 329 g/mol. The summed E-state index contributed by atoms with van der Waals surface area (Å²) < 4.78 is 10.3. The smallest absolute Gasteiger partial charge is 0.341 e. The summed E-state index contributed by atoms with van der Waals surface area (Å²) in [6.07, 6.45) is 5.16. The molecule has 7 heteroatoms. The molecule has 1 heterocycles. The highest BCUT2D eigenvalue weighted by molar-refractivity contribution is 5.71. The van der Waals surface area contributed by atoms with Gasteiger partial charge >= 0.3 is 11.9 Å². The molecule has 124 valence electrons. The first-order chi connectivity index (χ1) is 11.5. The number of pyridine rings is 1. The van der Waals surface area contributed by atoms with Gasteiger partial charge in [0.25, 0.3) is 0 Å². The highest BCUT2D eigenvalue weighted by Crippen LogP contribution is 2.24. The minimum absolute atomic E-state index is 0.265. The Labute approximate surface area is 137 Å². The zero-order chi connectivity index (χ0) is 17.4. The summed E-state index contributed by atoms with van der Waals surface area (Å²) in [4.78, 5) is 25.4. The quantitative estimate of drug-likeness (QED) is 0.764. The summed E-state index contributed by atoms with van der Waals surface area (Å²) in [6, 6.07) is 10.1. The van der Waals surface area contributed by atoms with Gasteiger partial charge in [0.15, 0.2) is 13.2 Å². The number of rotatable bonds is 8. The van der Waals surface area contributed by atoms with Crippen molar-refractivity contribution in [2.45, 2.75) is 0 Å². The van der Waals surface area contributed by atoms with Crippen molar-refractivity contribution in [3.63, 3.8) is 0 Å². The molecule has 0 saturated carbocycles. The van der Waals surface area contributed by atoms with Crippen molar-refractivity contribution < 1.29 is 29.3 Å². The molecule has 0 bridgehead atoms. The fraction of sp³-hybridized carbons (Fsp3) is 0.118. The van der Waals surface area contributed by atoms with Crippen LogP contribution in [0.25, 0.3) is 12.2 Å². The maximum absolute atomic E-state index is 10.6. The predicted molar refractivity (Wildman–Crippen MR) is 85.9 cm³/mol. The molecule has 2 rings (SSSR count). The molecule has 2 aromatic rings. The van der Waals surface area contributed by atoms with Gasteiger partial charge in [-0.2, -0.15) is 0 Å². The van der Waals surface area contributed by atoms with E-state index in [0.717, 1.165) is 5.69 Å². The van der Waals surface area contributed by atoms with Crippen LogP contribution in [0.5, 0.6) is 11.5 Å². The summed E-state index contributed by atoms with van der Waals surface area (Å²) in [5, 5.41) is 17.4. The topological polar surface area (TPSA) is 106 Å². The van der Waals surface area contributed by atoms with Crippen molar-refractivity contribution in [2.24, 2.45) is 0 Å². The van der Waals surface area contributed by atoms with Crippen LogP contribution in [0.3, 0.4) is 0 Å². The van der Waals surface area contributed by atoms with Crippen LogP contribution in [0, 0.1) is 0 Å². The van der Waals surface area contributed by atoms with E-state index in [-0.39, 0.29) is 11.5 Å². The summed E-state index contributed by atoms with van der Waals surface area (Å²) >= 11 is 0. The fourth-order valence-electron chi connectivity index (χ4n) is 1.80. The van der Waals surface area contributed by atoms with Crippen LogP contribution < -0.4 is 9.47 Å². The average Bonchev–Trinajstić information content (AvgIpc) is 2.57. The monoisotopic (exact) mass is 329 g/mol. The van der Waals surface area contributed by atoms with Gasteiger partial charge in [-0.1, -0.05) is 12.1 Å². The lowest BCUT2D eigenvalue weighted by atomic mass is 10.1. The van der Waals surface area contributed by atoms with Crippen LogP contribution in [-0.4, -0.2) is 40.3 Å². The number of hydrogen-bond donors (Lipinski definition) is 2. The van der Waals surface area contributed by atoms with E-state index in [4.69, 9.17) is 19.7 Å². The molecule has 0 unspecified atom stereocenters. The van der Waals surface area contributed by atoms with E-state index >= 15 is 0 Å². The van der Waals surface area contributed by atoms with E-state index in [1.165, 1.54) is 6.07 Å². The molecular formula is C17H15NO6. The lowest BCUT2D eigenvalue weighted by Gasteiger charge is -2.09. The summed E-state index contributed by atoms with van der Waals surface area (Å²) in [5.41, 5.74) is 1.39. The number of ether oxygens (including phenoxy) is 2. The number of carboxylic acid groups (broad SMARTS) is 2. The van der Waals surface area contributed by atoms with Crippen molar-refractivity contribution in [2.75, 3.05) is 13.2 Å².